The van der Waals surface area contributed by atoms with Gasteiger partial charge in [0.15, 0.2) is 5.78 Å². The molecule has 1 heterocycles. The van der Waals surface area contributed by atoms with E-state index < -0.39 is 41.9 Å². The van der Waals surface area contributed by atoms with Gasteiger partial charge in [0.05, 0.1) is 11.8 Å². The molecule has 1 aliphatic heterocycles. The van der Waals surface area contributed by atoms with E-state index in [4.69, 9.17) is 23.2 Å². The molecule has 1 saturated heterocycles. The monoisotopic (exact) mass is 468 g/mol. The summed E-state index contributed by atoms with van der Waals surface area (Å²) < 4.78 is 0. The molecular weight excluding hydrogens is 451 g/mol. The average Bonchev–Trinajstić information content (AvgIpc) is 3.47. The third-order valence-corrected chi connectivity index (χ3v) is 6.98. The lowest BCUT2D eigenvalue weighted by Gasteiger charge is -2.30. The fourth-order valence-corrected chi connectivity index (χ4v) is 5.21. The molecule has 162 valence electrons. The van der Waals surface area contributed by atoms with E-state index in [9.17, 15) is 19.2 Å². The molecule has 8 heteroatoms. The number of hydrogen-bond donors (Lipinski definition) is 0. The number of amides is 3. The maximum absolute atomic E-state index is 13.4. The van der Waals surface area contributed by atoms with Gasteiger partial charge in [-0.2, -0.15) is 5.01 Å². The van der Waals surface area contributed by atoms with Crippen molar-refractivity contribution in [3.63, 3.8) is 0 Å². The Kier molecular flexibility index (Phi) is 5.14. The summed E-state index contributed by atoms with van der Waals surface area (Å²) in [5.41, 5.74) is 0.543. The lowest BCUT2D eigenvalue weighted by atomic mass is 9.85. The Labute approximate surface area is 194 Å². The molecule has 2 aromatic rings. The number of allylic oxidation sites excluding steroid dienone is 2. The van der Waals surface area contributed by atoms with Gasteiger partial charge in [0.1, 0.15) is 6.54 Å². The van der Waals surface area contributed by atoms with Crippen molar-refractivity contribution in [2.45, 2.75) is 6.42 Å². The van der Waals surface area contributed by atoms with Crippen LogP contribution in [0.4, 0.5) is 0 Å². The Hall–Kier alpha value is -2.96. The number of imide groups is 1. The first-order chi connectivity index (χ1) is 15.3. The largest absolute Gasteiger partial charge is 0.292 e. The van der Waals surface area contributed by atoms with Crippen LogP contribution in [0.2, 0.25) is 10.0 Å². The molecule has 0 spiro atoms. The Morgan fingerprint density at radius 3 is 1.78 bits per heavy atom. The zero-order valence-corrected chi connectivity index (χ0v) is 18.3. The minimum absolute atomic E-state index is 0.00843. The molecule has 5 rings (SSSR count). The third-order valence-electron chi connectivity index (χ3n) is 6.47. The zero-order chi connectivity index (χ0) is 22.6. The van der Waals surface area contributed by atoms with Crippen LogP contribution in [0.5, 0.6) is 0 Å². The number of nitrogens with zero attached hydrogens (tertiary/aromatic N) is 2. The van der Waals surface area contributed by atoms with E-state index in [-0.39, 0.29) is 17.4 Å². The summed E-state index contributed by atoms with van der Waals surface area (Å²) in [6.45, 7) is -0.456. The van der Waals surface area contributed by atoms with Crippen molar-refractivity contribution >= 4 is 46.7 Å². The number of halogens is 2. The highest BCUT2D eigenvalue weighted by Gasteiger charge is 2.61. The molecule has 0 radical (unpaired) electrons. The first-order valence-corrected chi connectivity index (χ1v) is 11.0. The van der Waals surface area contributed by atoms with E-state index in [2.05, 4.69) is 0 Å². The number of fused-ring (bicyclic) bond motifs is 5. The van der Waals surface area contributed by atoms with Gasteiger partial charge in [-0.15, -0.1) is 0 Å². The summed E-state index contributed by atoms with van der Waals surface area (Å²) >= 11 is 11.8. The summed E-state index contributed by atoms with van der Waals surface area (Å²) in [5, 5.41) is 2.78. The van der Waals surface area contributed by atoms with Crippen LogP contribution < -0.4 is 0 Å². The molecule has 1 saturated carbocycles. The lowest BCUT2D eigenvalue weighted by Crippen LogP contribution is -2.52. The van der Waals surface area contributed by atoms with Crippen molar-refractivity contribution in [3.05, 3.63) is 81.9 Å². The first kappa shape index (κ1) is 20.9. The molecule has 4 atom stereocenters. The van der Waals surface area contributed by atoms with Gasteiger partial charge in [-0.05, 0) is 66.8 Å². The molecule has 2 aliphatic carbocycles. The van der Waals surface area contributed by atoms with Crippen molar-refractivity contribution in [2.24, 2.45) is 23.7 Å². The molecule has 2 aromatic carbocycles. The molecule has 0 unspecified atom stereocenters. The van der Waals surface area contributed by atoms with Crippen LogP contribution in [0.15, 0.2) is 60.7 Å². The van der Waals surface area contributed by atoms with Crippen molar-refractivity contribution < 1.29 is 19.2 Å². The fourth-order valence-electron chi connectivity index (χ4n) is 4.96. The predicted molar refractivity (Wildman–Crippen MR) is 118 cm³/mol. The number of benzene rings is 2. The van der Waals surface area contributed by atoms with Gasteiger partial charge in [0, 0.05) is 21.2 Å². The number of rotatable bonds is 5. The zero-order valence-electron chi connectivity index (χ0n) is 16.8. The second-order valence-corrected chi connectivity index (χ2v) is 9.16. The number of ketones is 1. The minimum atomic E-state index is -0.619. The van der Waals surface area contributed by atoms with Gasteiger partial charge < -0.3 is 0 Å². The third kappa shape index (κ3) is 3.34. The SMILES string of the molecule is O=C(CN(C(=O)c1ccc(Cl)cc1)N1C(=O)[C@@H]2[C@@H](C1=O)[C@H]1C=C[C@H]2C1)c1ccc(Cl)cc1. The second kappa shape index (κ2) is 7.87. The van der Waals surface area contributed by atoms with E-state index >= 15 is 0 Å². The normalized spacial score (nSPS) is 25.4. The second-order valence-electron chi connectivity index (χ2n) is 8.29. The Bertz CT molecular complexity index is 1130. The van der Waals surface area contributed by atoms with E-state index in [1.807, 2.05) is 12.2 Å². The fraction of sp³-hybridized carbons (Fsp3) is 0.250. The smallest absolute Gasteiger partial charge is 0.273 e. The van der Waals surface area contributed by atoms with Crippen molar-refractivity contribution in [3.8, 4) is 0 Å². The Morgan fingerprint density at radius 2 is 1.28 bits per heavy atom. The summed E-state index contributed by atoms with van der Waals surface area (Å²) in [6, 6.07) is 12.3. The molecular formula is C24H18Cl2N2O4. The van der Waals surface area contributed by atoms with Crippen LogP contribution in [0.25, 0.3) is 0 Å². The van der Waals surface area contributed by atoms with Gasteiger partial charge in [0.25, 0.3) is 17.7 Å². The van der Waals surface area contributed by atoms with Gasteiger partial charge >= 0.3 is 0 Å². The Balaban J connectivity index is 1.49. The standard InChI is InChI=1S/C24H18Cl2N2O4/c25-17-7-3-13(4-8-17)19(29)12-27(22(30)14-5-9-18(26)10-6-14)28-23(31)20-15-1-2-16(11-15)21(20)24(28)32/h1-10,15-16,20-21H,11-12H2/t15-,16-,20-,21-/m0/s1. The maximum Gasteiger partial charge on any atom is 0.273 e. The van der Waals surface area contributed by atoms with Crippen LogP contribution >= 0.6 is 23.2 Å². The predicted octanol–water partition coefficient (Wildman–Crippen LogP) is 4.04. The highest BCUT2D eigenvalue weighted by Crippen LogP contribution is 2.52. The Morgan fingerprint density at radius 1 is 0.812 bits per heavy atom. The van der Waals surface area contributed by atoms with Gasteiger partial charge in [0.2, 0.25) is 0 Å². The molecule has 2 bridgehead atoms. The molecule has 3 amide bonds. The minimum Gasteiger partial charge on any atom is -0.292 e. The van der Waals surface area contributed by atoms with Crippen molar-refractivity contribution in [2.75, 3.05) is 6.54 Å². The van der Waals surface area contributed by atoms with Crippen LogP contribution in [0.3, 0.4) is 0 Å². The molecule has 32 heavy (non-hydrogen) atoms. The van der Waals surface area contributed by atoms with Gasteiger partial charge in [-0.1, -0.05) is 35.4 Å². The summed E-state index contributed by atoms with van der Waals surface area (Å²) in [4.78, 5) is 53.0. The van der Waals surface area contributed by atoms with E-state index in [1.54, 1.807) is 36.4 Å². The van der Waals surface area contributed by atoms with Crippen LogP contribution in [-0.4, -0.2) is 40.1 Å². The summed E-state index contributed by atoms with van der Waals surface area (Å²) in [7, 11) is 0. The highest BCUT2D eigenvalue weighted by molar-refractivity contribution is 6.31. The molecule has 2 fully saturated rings. The van der Waals surface area contributed by atoms with Crippen LogP contribution in [-0.2, 0) is 9.59 Å². The maximum atomic E-state index is 13.4. The van der Waals surface area contributed by atoms with Gasteiger partial charge in [-0.25, -0.2) is 5.01 Å². The first-order valence-electron chi connectivity index (χ1n) is 10.3. The lowest BCUT2D eigenvalue weighted by molar-refractivity contribution is -0.154. The quantitative estimate of drug-likeness (QED) is 0.377. The van der Waals surface area contributed by atoms with Crippen molar-refractivity contribution in [1.82, 2.24) is 10.0 Å². The molecule has 0 aromatic heterocycles. The highest BCUT2D eigenvalue weighted by atomic mass is 35.5. The van der Waals surface area contributed by atoms with Gasteiger partial charge in [-0.3, -0.25) is 19.2 Å². The summed E-state index contributed by atoms with van der Waals surface area (Å²) in [5.74, 6) is -2.87. The molecule has 0 N–H and O–H groups in total. The topological polar surface area (TPSA) is 74.8 Å². The number of hydrazine groups is 1. The number of Topliss-reactive ketones (excluding diaryl/α,β-unsaturated/α-hetero) is 1. The number of carbonyl (C=O) groups is 4. The average molecular weight is 469 g/mol. The van der Waals surface area contributed by atoms with Crippen molar-refractivity contribution in [1.29, 1.82) is 0 Å². The van der Waals surface area contributed by atoms with E-state index in [1.165, 1.54) is 12.1 Å². The molecule has 3 aliphatic rings. The molecule has 6 nitrogen and oxygen atoms in total. The number of carbonyl (C=O) groups excluding carboxylic acids is 4. The summed E-state index contributed by atoms with van der Waals surface area (Å²) in [6.07, 6.45) is 4.73. The van der Waals surface area contributed by atoms with E-state index in [0.717, 1.165) is 16.4 Å². The van der Waals surface area contributed by atoms with Crippen LogP contribution in [0, 0.1) is 23.7 Å². The van der Waals surface area contributed by atoms with Crippen LogP contribution in [0.1, 0.15) is 27.1 Å². The number of hydrogen-bond acceptors (Lipinski definition) is 4. The van der Waals surface area contributed by atoms with E-state index in [0.29, 0.717) is 15.6 Å².